The zero-order valence-electron chi connectivity index (χ0n) is 19.3. The Balaban J connectivity index is 1.27. The van der Waals surface area contributed by atoms with E-state index in [0.29, 0.717) is 19.0 Å². The van der Waals surface area contributed by atoms with E-state index in [1.807, 2.05) is 12.3 Å². The van der Waals surface area contributed by atoms with E-state index in [9.17, 15) is 18.0 Å². The number of imidazole rings is 1. The molecular formula is C25H28F3N5O2. The molecule has 5 rings (SSSR count). The molecule has 2 fully saturated rings. The van der Waals surface area contributed by atoms with E-state index in [4.69, 9.17) is 10.7 Å². The number of nitrogen functional groups attached to an aromatic ring is 1. The first kappa shape index (κ1) is 23.4. The summed E-state index contributed by atoms with van der Waals surface area (Å²) in [6, 6.07) is 5.45. The highest BCUT2D eigenvalue weighted by Gasteiger charge is 2.32. The minimum absolute atomic E-state index is 0.0403. The Morgan fingerprint density at radius 1 is 1.06 bits per heavy atom. The van der Waals surface area contributed by atoms with Gasteiger partial charge in [-0.1, -0.05) is 19.3 Å². The number of H-pyrrole nitrogens is 1. The van der Waals surface area contributed by atoms with E-state index in [2.05, 4.69) is 14.7 Å². The van der Waals surface area contributed by atoms with Crippen molar-refractivity contribution in [1.29, 1.82) is 0 Å². The number of anilines is 1. The number of hydrogen-bond donors (Lipinski definition) is 2. The molecule has 1 aliphatic heterocycles. The number of amides is 1. The van der Waals surface area contributed by atoms with Crippen LogP contribution in [-0.2, 0) is 0 Å². The van der Waals surface area contributed by atoms with Gasteiger partial charge in [0, 0.05) is 37.0 Å². The molecule has 0 bridgehead atoms. The Hall–Kier alpha value is -3.30. The monoisotopic (exact) mass is 487 g/mol. The number of hydrogen-bond acceptors (Lipinski definition) is 5. The van der Waals surface area contributed by atoms with Crippen molar-refractivity contribution in [3.63, 3.8) is 0 Å². The van der Waals surface area contributed by atoms with Gasteiger partial charge < -0.3 is 20.4 Å². The molecule has 0 radical (unpaired) electrons. The number of likely N-dealkylation sites (tertiary alicyclic amines) is 1. The minimum Gasteiger partial charge on any atom is -0.406 e. The molecule has 35 heavy (non-hydrogen) atoms. The van der Waals surface area contributed by atoms with Gasteiger partial charge in [0.15, 0.2) is 5.65 Å². The van der Waals surface area contributed by atoms with Gasteiger partial charge in [0.25, 0.3) is 5.91 Å². The summed E-state index contributed by atoms with van der Waals surface area (Å²) in [6.07, 6.45) is 4.57. The maximum absolute atomic E-state index is 13.0. The molecule has 0 atom stereocenters. The largest absolute Gasteiger partial charge is 0.573 e. The molecule has 3 heterocycles. The number of alkyl halides is 3. The Morgan fingerprint density at radius 3 is 2.49 bits per heavy atom. The van der Waals surface area contributed by atoms with E-state index in [1.165, 1.54) is 25.3 Å². The lowest BCUT2D eigenvalue weighted by atomic mass is 9.88. The first-order chi connectivity index (χ1) is 16.8. The molecule has 1 amide bonds. The van der Waals surface area contributed by atoms with E-state index < -0.39 is 12.1 Å². The highest BCUT2D eigenvalue weighted by atomic mass is 19.4. The second-order valence-corrected chi connectivity index (χ2v) is 9.42. The quantitative estimate of drug-likeness (QED) is 0.473. The SMILES string of the molecule is Nc1cc(OC(F)(F)F)ccc1C(=O)N1CCC(c2ccnc3[nH]c(C4CCCCC4)nc23)CC1. The van der Waals surface area contributed by atoms with E-state index in [-0.39, 0.29) is 23.1 Å². The average Bonchev–Trinajstić information content (AvgIpc) is 3.28. The number of fused-ring (bicyclic) bond motifs is 1. The van der Waals surface area contributed by atoms with Gasteiger partial charge in [-0.2, -0.15) is 0 Å². The third-order valence-corrected chi connectivity index (χ3v) is 7.14. The summed E-state index contributed by atoms with van der Waals surface area (Å²) in [5.74, 6) is 0.994. The van der Waals surface area contributed by atoms with Crippen LogP contribution in [0, 0.1) is 0 Å². The summed E-state index contributed by atoms with van der Waals surface area (Å²) in [7, 11) is 0. The molecule has 3 aromatic rings. The zero-order chi connectivity index (χ0) is 24.6. The number of aromatic nitrogens is 3. The summed E-state index contributed by atoms with van der Waals surface area (Å²) in [6.45, 7) is 1.04. The van der Waals surface area contributed by atoms with Crippen molar-refractivity contribution in [2.24, 2.45) is 0 Å². The van der Waals surface area contributed by atoms with Crippen molar-refractivity contribution in [2.45, 2.75) is 63.1 Å². The number of ether oxygens (including phenoxy) is 1. The number of rotatable bonds is 4. The molecule has 2 aliphatic rings. The molecule has 0 spiro atoms. The van der Waals surface area contributed by atoms with Crippen LogP contribution in [0.25, 0.3) is 11.2 Å². The summed E-state index contributed by atoms with van der Waals surface area (Å²) in [4.78, 5) is 27.6. The summed E-state index contributed by atoms with van der Waals surface area (Å²) in [5.41, 5.74) is 8.89. The second kappa shape index (κ2) is 9.39. The van der Waals surface area contributed by atoms with Gasteiger partial charge in [-0.05, 0) is 55.4 Å². The van der Waals surface area contributed by atoms with Crippen molar-refractivity contribution >= 4 is 22.8 Å². The van der Waals surface area contributed by atoms with Crippen LogP contribution < -0.4 is 10.5 Å². The van der Waals surface area contributed by atoms with Crippen molar-refractivity contribution in [2.75, 3.05) is 18.8 Å². The van der Waals surface area contributed by atoms with Gasteiger partial charge in [-0.15, -0.1) is 13.2 Å². The number of halogens is 3. The summed E-state index contributed by atoms with van der Waals surface area (Å²) in [5, 5.41) is 0. The van der Waals surface area contributed by atoms with Gasteiger partial charge >= 0.3 is 6.36 Å². The molecule has 1 aliphatic carbocycles. The molecule has 7 nitrogen and oxygen atoms in total. The van der Waals surface area contributed by atoms with Crippen molar-refractivity contribution in [3.05, 3.63) is 47.4 Å². The van der Waals surface area contributed by atoms with Gasteiger partial charge in [0.05, 0.1) is 5.56 Å². The molecular weight excluding hydrogens is 459 g/mol. The predicted octanol–water partition coefficient (Wildman–Crippen LogP) is 5.51. The number of nitrogens with two attached hydrogens (primary N) is 1. The van der Waals surface area contributed by atoms with Crippen LogP contribution >= 0.6 is 0 Å². The molecule has 1 aromatic carbocycles. The predicted molar refractivity (Wildman–Crippen MR) is 125 cm³/mol. The summed E-state index contributed by atoms with van der Waals surface area (Å²) < 4.78 is 41.2. The Bertz CT molecular complexity index is 1210. The topological polar surface area (TPSA) is 97.1 Å². The molecule has 1 saturated carbocycles. The highest BCUT2D eigenvalue weighted by Crippen LogP contribution is 2.36. The van der Waals surface area contributed by atoms with Crippen LogP contribution in [0.2, 0.25) is 0 Å². The lowest BCUT2D eigenvalue weighted by Gasteiger charge is -2.32. The molecule has 186 valence electrons. The van der Waals surface area contributed by atoms with Crippen LogP contribution in [0.3, 0.4) is 0 Å². The third kappa shape index (κ3) is 5.06. The number of pyridine rings is 1. The van der Waals surface area contributed by atoms with Gasteiger partial charge in [-0.3, -0.25) is 4.79 Å². The van der Waals surface area contributed by atoms with Crippen LogP contribution in [0.15, 0.2) is 30.5 Å². The third-order valence-electron chi connectivity index (χ3n) is 7.14. The molecule has 0 unspecified atom stereocenters. The maximum atomic E-state index is 13.0. The highest BCUT2D eigenvalue weighted by molar-refractivity contribution is 5.99. The van der Waals surface area contributed by atoms with Crippen LogP contribution in [0.1, 0.15) is 78.5 Å². The lowest BCUT2D eigenvalue weighted by Crippen LogP contribution is -2.38. The number of nitrogens with zero attached hydrogens (tertiary/aromatic N) is 3. The first-order valence-electron chi connectivity index (χ1n) is 12.1. The van der Waals surface area contributed by atoms with Crippen LogP contribution in [0.5, 0.6) is 5.75 Å². The van der Waals surface area contributed by atoms with E-state index >= 15 is 0 Å². The standard InChI is InChI=1S/C25H28F3N5O2/c26-25(27,28)35-17-6-7-19(20(29)14-17)24(34)33-12-9-15(10-13-33)18-8-11-30-23-21(18)31-22(32-23)16-4-2-1-3-5-16/h6-8,11,14-16H,1-5,9-10,12-13,29H2,(H,30,31,32). The number of piperidine rings is 1. The maximum Gasteiger partial charge on any atom is 0.573 e. The average molecular weight is 488 g/mol. The van der Waals surface area contributed by atoms with Crippen LogP contribution in [0.4, 0.5) is 18.9 Å². The normalized spacial score (nSPS) is 18.2. The number of nitrogens with one attached hydrogen (secondary N) is 1. The van der Waals surface area contributed by atoms with Crippen LogP contribution in [-0.4, -0.2) is 45.2 Å². The van der Waals surface area contributed by atoms with E-state index in [1.54, 1.807) is 4.90 Å². The minimum atomic E-state index is -4.82. The number of aromatic amines is 1. The molecule has 3 N–H and O–H groups in total. The smallest absolute Gasteiger partial charge is 0.406 e. The van der Waals surface area contributed by atoms with E-state index in [0.717, 1.165) is 60.4 Å². The van der Waals surface area contributed by atoms with Crippen molar-refractivity contribution < 1.29 is 22.7 Å². The fourth-order valence-electron chi connectivity index (χ4n) is 5.34. The van der Waals surface area contributed by atoms with Crippen molar-refractivity contribution in [1.82, 2.24) is 19.9 Å². The van der Waals surface area contributed by atoms with Crippen molar-refractivity contribution in [3.8, 4) is 5.75 Å². The fourth-order valence-corrected chi connectivity index (χ4v) is 5.34. The Kier molecular flexibility index (Phi) is 6.29. The zero-order valence-corrected chi connectivity index (χ0v) is 19.3. The number of carbonyl (C=O) groups is 1. The molecule has 10 heteroatoms. The van der Waals surface area contributed by atoms with Gasteiger partial charge in [0.2, 0.25) is 0 Å². The Morgan fingerprint density at radius 2 is 1.80 bits per heavy atom. The number of benzene rings is 1. The lowest BCUT2D eigenvalue weighted by molar-refractivity contribution is -0.274. The Labute approximate surface area is 200 Å². The van der Waals surface area contributed by atoms with Gasteiger partial charge in [-0.25, -0.2) is 9.97 Å². The number of carbonyl (C=O) groups excluding carboxylic acids is 1. The summed E-state index contributed by atoms with van der Waals surface area (Å²) >= 11 is 0. The first-order valence-corrected chi connectivity index (χ1v) is 12.1. The fraction of sp³-hybridized carbons (Fsp3) is 0.480. The van der Waals surface area contributed by atoms with Gasteiger partial charge in [0.1, 0.15) is 17.1 Å². The second-order valence-electron chi connectivity index (χ2n) is 9.42. The molecule has 2 aromatic heterocycles. The molecule has 1 saturated heterocycles.